The van der Waals surface area contributed by atoms with Crippen molar-refractivity contribution in [1.29, 1.82) is 0 Å². The van der Waals surface area contributed by atoms with E-state index >= 15 is 0 Å². The summed E-state index contributed by atoms with van der Waals surface area (Å²) in [5.41, 5.74) is -0.976. The molecule has 6 fully saturated rings. The van der Waals surface area contributed by atoms with Crippen molar-refractivity contribution in [2.45, 2.75) is 89.4 Å². The van der Waals surface area contributed by atoms with E-state index in [0.717, 1.165) is 63.7 Å². The normalized spacial score (nSPS) is 39.6. The number of anilines is 1. The largest absolute Gasteiger partial charge is 0.416 e. The summed E-state index contributed by atoms with van der Waals surface area (Å²) in [6.07, 6.45) is 0.400. The number of likely N-dealkylation sites (tertiary alicyclic amines) is 1. The zero-order valence-electron chi connectivity index (χ0n) is 23.4. The van der Waals surface area contributed by atoms with Crippen molar-refractivity contribution in [2.24, 2.45) is 28.7 Å². The fourth-order valence-electron chi connectivity index (χ4n) is 7.43. The lowest BCUT2D eigenvalue weighted by Gasteiger charge is -2.60. The SMILES string of the molecule is C[C@H]1[C@@H](OCCN=C(Nc2cccc(C(F)(F)F)c2)N2CCCC2)O[C@@H]2O[C@]3(C)CC[C@H]4[C@H](C)CC[C@@H]1C24OO3. The average molecular weight is 568 g/mol. The third-order valence-corrected chi connectivity index (χ3v) is 9.58. The maximum Gasteiger partial charge on any atom is 0.416 e. The summed E-state index contributed by atoms with van der Waals surface area (Å²) in [5.74, 6) is 0.731. The molecule has 0 aromatic heterocycles. The van der Waals surface area contributed by atoms with Crippen molar-refractivity contribution in [3.05, 3.63) is 29.8 Å². The third kappa shape index (κ3) is 5.12. The number of alkyl halides is 3. The molecule has 8 atom stereocenters. The van der Waals surface area contributed by atoms with Gasteiger partial charge in [-0.3, -0.25) is 4.99 Å². The van der Waals surface area contributed by atoms with Crippen LogP contribution in [0.3, 0.4) is 0 Å². The molecule has 5 saturated heterocycles. The lowest BCUT2D eigenvalue weighted by molar-refractivity contribution is -0.577. The number of nitrogens with one attached hydrogen (secondary N) is 1. The zero-order chi connectivity index (χ0) is 28.1. The maximum absolute atomic E-state index is 13.2. The highest BCUT2D eigenvalue weighted by Gasteiger charge is 2.69. The van der Waals surface area contributed by atoms with Gasteiger partial charge >= 0.3 is 6.18 Å². The van der Waals surface area contributed by atoms with Gasteiger partial charge in [0.05, 0.1) is 18.7 Å². The van der Waals surface area contributed by atoms with Crippen LogP contribution in [-0.4, -0.2) is 61.1 Å². The lowest BCUT2D eigenvalue weighted by atomic mass is 9.58. The number of ether oxygens (including phenoxy) is 3. The van der Waals surface area contributed by atoms with Crippen molar-refractivity contribution in [3.8, 4) is 0 Å². The van der Waals surface area contributed by atoms with Gasteiger partial charge in [-0.15, -0.1) is 0 Å². The minimum Gasteiger partial charge on any atom is -0.350 e. The van der Waals surface area contributed by atoms with Crippen molar-refractivity contribution < 1.29 is 37.2 Å². The quantitative estimate of drug-likeness (QED) is 0.209. The van der Waals surface area contributed by atoms with Crippen LogP contribution in [0.5, 0.6) is 0 Å². The summed E-state index contributed by atoms with van der Waals surface area (Å²) < 4.78 is 58.8. The second-order valence-corrected chi connectivity index (χ2v) is 12.2. The Balaban J connectivity index is 1.14. The molecule has 222 valence electrons. The number of aliphatic imine (C=N–C) groups is 1. The molecule has 5 aliphatic heterocycles. The molecule has 1 spiro atoms. The van der Waals surface area contributed by atoms with E-state index in [0.29, 0.717) is 36.6 Å². The van der Waals surface area contributed by atoms with Crippen LogP contribution in [0, 0.1) is 23.7 Å². The van der Waals surface area contributed by atoms with Gasteiger partial charge in [-0.25, -0.2) is 9.78 Å². The molecule has 2 bridgehead atoms. The van der Waals surface area contributed by atoms with E-state index in [2.05, 4.69) is 24.1 Å². The number of guanidine groups is 1. The van der Waals surface area contributed by atoms with Crippen LogP contribution < -0.4 is 5.32 Å². The molecule has 5 heterocycles. The molecule has 1 saturated carbocycles. The minimum absolute atomic E-state index is 0.0613. The summed E-state index contributed by atoms with van der Waals surface area (Å²) in [6.45, 7) is 8.58. The smallest absolute Gasteiger partial charge is 0.350 e. The van der Waals surface area contributed by atoms with Crippen LogP contribution in [0.15, 0.2) is 29.3 Å². The summed E-state index contributed by atoms with van der Waals surface area (Å²) in [4.78, 5) is 18.9. The van der Waals surface area contributed by atoms with E-state index in [9.17, 15) is 13.2 Å². The standard InChI is InChI=1S/C29H40F3N3O5/c1-18-9-10-23-19(2)24(37-25-28(23)22(18)11-12-27(3,38-25)39-40-28)36-16-13-33-26(35-14-4-5-15-35)34-21-8-6-7-20(17-21)29(30,31)32/h6-8,17-19,22-25H,4-5,9-16H2,1-3H3,(H,33,34)/t18-,19-,22+,23+,24+,25-,27+,28?/m1/s1. The Hall–Kier alpha value is -1.92. The fourth-order valence-corrected chi connectivity index (χ4v) is 7.43. The Labute approximate surface area is 233 Å². The van der Waals surface area contributed by atoms with Gasteiger partial charge in [0.2, 0.25) is 5.79 Å². The molecule has 7 rings (SSSR count). The highest BCUT2D eigenvalue weighted by atomic mass is 19.4. The van der Waals surface area contributed by atoms with E-state index in [1.165, 1.54) is 6.07 Å². The van der Waals surface area contributed by atoms with E-state index in [-0.39, 0.29) is 11.8 Å². The van der Waals surface area contributed by atoms with Crippen LogP contribution >= 0.6 is 0 Å². The van der Waals surface area contributed by atoms with Crippen LogP contribution in [0.4, 0.5) is 18.9 Å². The lowest BCUT2D eigenvalue weighted by Crippen LogP contribution is -2.70. The summed E-state index contributed by atoms with van der Waals surface area (Å²) in [7, 11) is 0. The molecule has 40 heavy (non-hydrogen) atoms. The van der Waals surface area contributed by atoms with Gasteiger partial charge in [-0.2, -0.15) is 13.2 Å². The molecule has 1 aromatic rings. The molecule has 0 radical (unpaired) electrons. The van der Waals surface area contributed by atoms with Crippen molar-refractivity contribution in [3.63, 3.8) is 0 Å². The number of fused-ring (bicyclic) bond motifs is 2. The van der Waals surface area contributed by atoms with Gasteiger partial charge < -0.3 is 24.4 Å². The first-order valence-corrected chi connectivity index (χ1v) is 14.6. The molecule has 6 aliphatic rings. The number of rotatable bonds is 5. The van der Waals surface area contributed by atoms with Crippen LogP contribution in [0.1, 0.15) is 64.9 Å². The first-order chi connectivity index (χ1) is 19.1. The Morgan fingerprint density at radius 3 is 2.70 bits per heavy atom. The Morgan fingerprint density at radius 2 is 1.93 bits per heavy atom. The first-order valence-electron chi connectivity index (χ1n) is 14.6. The summed E-state index contributed by atoms with van der Waals surface area (Å²) in [5, 5.41) is 3.12. The number of benzene rings is 1. The first kappa shape index (κ1) is 28.2. The van der Waals surface area contributed by atoms with Gasteiger partial charge in [0.25, 0.3) is 0 Å². The third-order valence-electron chi connectivity index (χ3n) is 9.58. The zero-order valence-corrected chi connectivity index (χ0v) is 23.4. The monoisotopic (exact) mass is 567 g/mol. The van der Waals surface area contributed by atoms with E-state index in [1.807, 2.05) is 6.92 Å². The van der Waals surface area contributed by atoms with Gasteiger partial charge in [-0.05, 0) is 69.1 Å². The average Bonchev–Trinajstić information content (AvgIpc) is 3.36. The predicted octanol–water partition coefficient (Wildman–Crippen LogP) is 5.79. The predicted molar refractivity (Wildman–Crippen MR) is 141 cm³/mol. The number of hydrogen-bond donors (Lipinski definition) is 1. The topological polar surface area (TPSA) is 73.8 Å². The maximum atomic E-state index is 13.2. The molecular weight excluding hydrogens is 527 g/mol. The van der Waals surface area contributed by atoms with Gasteiger partial charge in [0.15, 0.2) is 24.1 Å². The highest BCUT2D eigenvalue weighted by Crippen LogP contribution is 2.60. The fraction of sp³-hybridized carbons (Fsp3) is 0.759. The molecule has 1 unspecified atom stereocenters. The molecule has 1 aliphatic carbocycles. The van der Waals surface area contributed by atoms with Crippen LogP contribution in [0.25, 0.3) is 0 Å². The van der Waals surface area contributed by atoms with Gasteiger partial charge in [0.1, 0.15) is 0 Å². The molecule has 11 heteroatoms. The van der Waals surface area contributed by atoms with Gasteiger partial charge in [0, 0.05) is 37.0 Å². The molecule has 1 N–H and O–H groups in total. The summed E-state index contributed by atoms with van der Waals surface area (Å²) >= 11 is 0. The van der Waals surface area contributed by atoms with E-state index < -0.39 is 35.7 Å². The van der Waals surface area contributed by atoms with Crippen LogP contribution in [-0.2, 0) is 30.2 Å². The van der Waals surface area contributed by atoms with Crippen molar-refractivity contribution in [2.75, 3.05) is 31.6 Å². The Kier molecular flexibility index (Phi) is 7.57. The van der Waals surface area contributed by atoms with Crippen molar-refractivity contribution >= 4 is 11.6 Å². The summed E-state index contributed by atoms with van der Waals surface area (Å²) in [6, 6.07) is 5.20. The molecule has 8 nitrogen and oxygen atoms in total. The van der Waals surface area contributed by atoms with Gasteiger partial charge in [-0.1, -0.05) is 19.9 Å². The second-order valence-electron chi connectivity index (χ2n) is 12.2. The van der Waals surface area contributed by atoms with Crippen LogP contribution in [0.2, 0.25) is 0 Å². The number of halogens is 3. The van der Waals surface area contributed by atoms with E-state index in [4.69, 9.17) is 29.0 Å². The number of nitrogens with zero attached hydrogens (tertiary/aromatic N) is 2. The Bertz CT molecular complexity index is 1100. The van der Waals surface area contributed by atoms with Crippen molar-refractivity contribution in [1.82, 2.24) is 4.90 Å². The molecule has 0 amide bonds. The number of hydrogen-bond acceptors (Lipinski definition) is 6. The van der Waals surface area contributed by atoms with E-state index in [1.54, 1.807) is 6.07 Å². The second kappa shape index (κ2) is 10.7. The molecular formula is C29H40F3N3O5. The molecule has 1 aromatic carbocycles. The minimum atomic E-state index is -4.41. The Morgan fingerprint density at radius 1 is 1.12 bits per heavy atom. The highest BCUT2D eigenvalue weighted by molar-refractivity contribution is 5.93.